The predicted molar refractivity (Wildman–Crippen MR) is 87.3 cm³/mol. The largest absolute Gasteiger partial charge is 0.398 e. The summed E-state index contributed by atoms with van der Waals surface area (Å²) in [4.78, 5) is 1.01. The maximum absolute atomic E-state index is 5.99. The van der Waals surface area contributed by atoms with Crippen molar-refractivity contribution < 1.29 is 0 Å². The number of nitrogens with two attached hydrogens (primary N) is 1. The fourth-order valence-corrected chi connectivity index (χ4v) is 3.24. The van der Waals surface area contributed by atoms with Crippen LogP contribution >= 0.6 is 23.4 Å². The summed E-state index contributed by atoms with van der Waals surface area (Å²) in [6, 6.07) is 8.12. The number of hydrogen-bond donors (Lipinski definition) is 1. The molecule has 0 bridgehead atoms. The van der Waals surface area contributed by atoms with Crippen molar-refractivity contribution in [2.45, 2.75) is 43.4 Å². The smallest absolute Gasteiger partial charge is 0.0727 e. The van der Waals surface area contributed by atoms with Crippen LogP contribution < -0.4 is 5.73 Å². The number of nitrogens with zero attached hydrogens (tertiary/aromatic N) is 2. The lowest BCUT2D eigenvalue weighted by Gasteiger charge is -2.12. The Hall–Kier alpha value is -1.13. The van der Waals surface area contributed by atoms with Gasteiger partial charge in [-0.15, -0.1) is 11.8 Å². The van der Waals surface area contributed by atoms with Gasteiger partial charge in [-0.1, -0.05) is 25.4 Å². The second-order valence-electron chi connectivity index (χ2n) is 4.73. The molecule has 0 aliphatic carbocycles. The van der Waals surface area contributed by atoms with E-state index in [9.17, 15) is 0 Å². The Morgan fingerprint density at radius 2 is 2.05 bits per heavy atom. The van der Waals surface area contributed by atoms with Gasteiger partial charge < -0.3 is 5.73 Å². The third-order valence-corrected chi connectivity index (χ3v) is 4.67. The summed E-state index contributed by atoms with van der Waals surface area (Å²) in [5.74, 6) is 0.803. The molecular formula is C15H20ClN3S. The van der Waals surface area contributed by atoms with Gasteiger partial charge in [-0.2, -0.15) is 5.10 Å². The zero-order chi connectivity index (χ0) is 14.5. The highest BCUT2D eigenvalue weighted by Gasteiger charge is 2.09. The van der Waals surface area contributed by atoms with Crippen molar-refractivity contribution in [2.75, 3.05) is 5.73 Å². The maximum Gasteiger partial charge on any atom is 0.0727 e. The van der Waals surface area contributed by atoms with Gasteiger partial charge >= 0.3 is 0 Å². The quantitative estimate of drug-likeness (QED) is 0.617. The number of nitrogen functional groups attached to an aromatic ring is 1. The molecule has 0 spiro atoms. The summed E-state index contributed by atoms with van der Waals surface area (Å²) in [5, 5.41) is 5.35. The van der Waals surface area contributed by atoms with Crippen LogP contribution in [0, 0.1) is 0 Å². The summed E-state index contributed by atoms with van der Waals surface area (Å²) in [6.45, 7) is 4.38. The Kier molecular flexibility index (Phi) is 5.38. The lowest BCUT2D eigenvalue weighted by Crippen LogP contribution is -2.07. The standard InChI is InChI=1S/C15H20ClN3S/c1-3-13(4-2)19-8-7-12(18-19)10-20-15-9-11(16)5-6-14(15)17/h5-9,13H,3-4,10,17H2,1-2H3. The van der Waals surface area contributed by atoms with Crippen LogP contribution in [0.15, 0.2) is 35.4 Å². The van der Waals surface area contributed by atoms with E-state index in [1.807, 2.05) is 18.2 Å². The molecule has 3 nitrogen and oxygen atoms in total. The van der Waals surface area contributed by atoms with E-state index in [2.05, 4.69) is 35.9 Å². The van der Waals surface area contributed by atoms with Crippen molar-refractivity contribution in [2.24, 2.45) is 0 Å². The van der Waals surface area contributed by atoms with Crippen LogP contribution in [0.3, 0.4) is 0 Å². The van der Waals surface area contributed by atoms with Crippen molar-refractivity contribution in [1.29, 1.82) is 0 Å². The maximum atomic E-state index is 5.99. The molecule has 5 heteroatoms. The third kappa shape index (κ3) is 3.70. The summed E-state index contributed by atoms with van der Waals surface area (Å²) in [6.07, 6.45) is 4.27. The molecule has 0 unspecified atom stereocenters. The van der Waals surface area contributed by atoms with E-state index in [0.29, 0.717) is 11.1 Å². The van der Waals surface area contributed by atoms with E-state index in [-0.39, 0.29) is 0 Å². The highest BCUT2D eigenvalue weighted by Crippen LogP contribution is 2.30. The van der Waals surface area contributed by atoms with Gasteiger partial charge in [0.05, 0.1) is 11.7 Å². The molecule has 0 fully saturated rings. The Balaban J connectivity index is 2.02. The molecule has 1 aromatic heterocycles. The fourth-order valence-electron chi connectivity index (χ4n) is 2.11. The van der Waals surface area contributed by atoms with Gasteiger partial charge in [-0.05, 0) is 37.1 Å². The van der Waals surface area contributed by atoms with Crippen LogP contribution in [0.1, 0.15) is 38.4 Å². The Bertz CT molecular complexity index is 564. The topological polar surface area (TPSA) is 43.8 Å². The monoisotopic (exact) mass is 309 g/mol. The normalized spacial score (nSPS) is 11.2. The zero-order valence-electron chi connectivity index (χ0n) is 11.8. The first-order valence-corrected chi connectivity index (χ1v) is 8.22. The van der Waals surface area contributed by atoms with E-state index < -0.39 is 0 Å². The molecule has 2 rings (SSSR count). The number of benzene rings is 1. The van der Waals surface area contributed by atoms with Crippen molar-refractivity contribution >= 4 is 29.1 Å². The summed E-state index contributed by atoms with van der Waals surface area (Å²) in [7, 11) is 0. The average Bonchev–Trinajstić information content (AvgIpc) is 2.90. The van der Waals surface area contributed by atoms with Crippen molar-refractivity contribution in [3.63, 3.8) is 0 Å². The zero-order valence-corrected chi connectivity index (χ0v) is 13.4. The number of anilines is 1. The molecule has 0 saturated heterocycles. The van der Waals surface area contributed by atoms with Crippen LogP contribution in [0.25, 0.3) is 0 Å². The predicted octanol–water partition coefficient (Wildman–Crippen LogP) is 4.77. The highest BCUT2D eigenvalue weighted by atomic mass is 35.5. The number of halogens is 1. The number of thioether (sulfide) groups is 1. The first-order chi connectivity index (χ1) is 9.63. The molecule has 1 heterocycles. The van der Waals surface area contributed by atoms with Crippen molar-refractivity contribution in [1.82, 2.24) is 9.78 Å². The van der Waals surface area contributed by atoms with Crippen LogP contribution in [0.4, 0.5) is 5.69 Å². The molecule has 0 aliphatic heterocycles. The van der Waals surface area contributed by atoms with E-state index in [1.165, 1.54) is 0 Å². The highest BCUT2D eigenvalue weighted by molar-refractivity contribution is 7.98. The van der Waals surface area contributed by atoms with Crippen LogP contribution in [-0.2, 0) is 5.75 Å². The first kappa shape index (κ1) is 15.3. The van der Waals surface area contributed by atoms with Gasteiger partial charge in [0.25, 0.3) is 0 Å². The first-order valence-electron chi connectivity index (χ1n) is 6.85. The average molecular weight is 310 g/mol. The Morgan fingerprint density at radius 3 is 2.75 bits per heavy atom. The van der Waals surface area contributed by atoms with Crippen molar-refractivity contribution in [3.05, 3.63) is 41.2 Å². The summed E-state index contributed by atoms with van der Waals surface area (Å²) in [5.41, 5.74) is 7.78. The minimum absolute atomic E-state index is 0.491. The van der Waals surface area contributed by atoms with Gasteiger partial charge in [0, 0.05) is 27.6 Å². The number of hydrogen-bond acceptors (Lipinski definition) is 3. The Labute approximate surface area is 129 Å². The van der Waals surface area contributed by atoms with Crippen LogP contribution in [0.5, 0.6) is 0 Å². The second-order valence-corrected chi connectivity index (χ2v) is 6.18. The molecule has 2 aromatic rings. The van der Waals surface area contributed by atoms with Gasteiger partial charge in [0.15, 0.2) is 0 Å². The molecule has 20 heavy (non-hydrogen) atoms. The van der Waals surface area contributed by atoms with E-state index in [4.69, 9.17) is 17.3 Å². The summed E-state index contributed by atoms with van der Waals surface area (Å²) >= 11 is 7.66. The Morgan fingerprint density at radius 1 is 1.30 bits per heavy atom. The molecule has 1 aromatic carbocycles. The van der Waals surface area contributed by atoms with Gasteiger partial charge in [0.2, 0.25) is 0 Å². The lowest BCUT2D eigenvalue weighted by atomic mass is 10.2. The van der Waals surface area contributed by atoms with Gasteiger partial charge in [0.1, 0.15) is 0 Å². The summed E-state index contributed by atoms with van der Waals surface area (Å²) < 4.78 is 2.07. The second kappa shape index (κ2) is 7.04. The molecule has 0 saturated carbocycles. The van der Waals surface area contributed by atoms with E-state index >= 15 is 0 Å². The molecule has 0 aliphatic rings. The molecule has 0 amide bonds. The number of rotatable bonds is 6. The SMILES string of the molecule is CCC(CC)n1ccc(CSc2cc(Cl)ccc2N)n1. The minimum atomic E-state index is 0.491. The minimum Gasteiger partial charge on any atom is -0.398 e. The molecule has 0 radical (unpaired) electrons. The van der Waals surface area contributed by atoms with Gasteiger partial charge in [-0.25, -0.2) is 0 Å². The molecular weight excluding hydrogens is 290 g/mol. The molecule has 108 valence electrons. The molecule has 2 N–H and O–H groups in total. The lowest BCUT2D eigenvalue weighted by molar-refractivity contribution is 0.426. The third-order valence-electron chi connectivity index (χ3n) is 3.33. The molecule has 0 atom stereocenters. The van der Waals surface area contributed by atoms with Gasteiger partial charge in [-0.3, -0.25) is 4.68 Å². The van der Waals surface area contributed by atoms with E-state index in [0.717, 1.165) is 34.9 Å². The number of aromatic nitrogens is 2. The van der Waals surface area contributed by atoms with Crippen LogP contribution in [-0.4, -0.2) is 9.78 Å². The fraction of sp³-hybridized carbons (Fsp3) is 0.400. The van der Waals surface area contributed by atoms with Crippen LogP contribution in [0.2, 0.25) is 5.02 Å². The van der Waals surface area contributed by atoms with E-state index in [1.54, 1.807) is 11.8 Å². The van der Waals surface area contributed by atoms with Crippen molar-refractivity contribution in [3.8, 4) is 0 Å².